The first kappa shape index (κ1) is 17.9. The van der Waals surface area contributed by atoms with Gasteiger partial charge in [0.25, 0.3) is 0 Å². The van der Waals surface area contributed by atoms with Gasteiger partial charge in [0.05, 0.1) is 12.6 Å². The number of urea groups is 1. The van der Waals surface area contributed by atoms with Crippen LogP contribution in [-0.4, -0.2) is 51.4 Å². The number of rotatable bonds is 6. The van der Waals surface area contributed by atoms with Crippen molar-refractivity contribution in [1.29, 1.82) is 0 Å². The Morgan fingerprint density at radius 2 is 2.22 bits per heavy atom. The molecular formula is C17H26N2O3S. The van der Waals surface area contributed by atoms with Gasteiger partial charge in [0, 0.05) is 35.4 Å². The van der Waals surface area contributed by atoms with Gasteiger partial charge in [-0.2, -0.15) is 0 Å². The molecule has 5 nitrogen and oxygen atoms in total. The number of carbonyl (C=O) groups is 1. The molecule has 1 aliphatic carbocycles. The summed E-state index contributed by atoms with van der Waals surface area (Å²) in [4.78, 5) is 14.3. The fourth-order valence-electron chi connectivity index (χ4n) is 3.01. The van der Waals surface area contributed by atoms with E-state index in [0.717, 1.165) is 19.3 Å². The number of carbonyl (C=O) groups excluding carboxylic acids is 1. The normalized spacial score (nSPS) is 19.5. The third-order valence-corrected chi connectivity index (χ3v) is 5.72. The lowest BCUT2D eigenvalue weighted by molar-refractivity contribution is 0.144. The molecule has 0 aliphatic heterocycles. The highest BCUT2D eigenvalue weighted by Crippen LogP contribution is 2.34. The number of aliphatic hydroxyl groups is 1. The number of aryl methyl sites for hydroxylation is 1. The molecule has 128 valence electrons. The van der Waals surface area contributed by atoms with Crippen molar-refractivity contribution in [3.63, 3.8) is 0 Å². The third kappa shape index (κ3) is 4.54. The molecule has 2 N–H and O–H groups in total. The van der Waals surface area contributed by atoms with Crippen LogP contribution in [0, 0.1) is 0 Å². The molecule has 0 aromatic heterocycles. The van der Waals surface area contributed by atoms with Crippen molar-refractivity contribution in [2.75, 3.05) is 26.0 Å². The predicted octanol–water partition coefficient (Wildman–Crippen LogP) is 1.83. The summed E-state index contributed by atoms with van der Waals surface area (Å²) < 4.78 is 11.4. The van der Waals surface area contributed by atoms with Gasteiger partial charge in [0.15, 0.2) is 0 Å². The van der Waals surface area contributed by atoms with Crippen molar-refractivity contribution >= 4 is 16.8 Å². The molecule has 2 amide bonds. The number of aliphatic hydroxyl groups excluding tert-OH is 1. The van der Waals surface area contributed by atoms with Crippen LogP contribution in [0.4, 0.5) is 4.79 Å². The molecule has 3 atom stereocenters. The largest absolute Gasteiger partial charge is 0.395 e. The quantitative estimate of drug-likeness (QED) is 0.831. The fraction of sp³-hybridized carbons (Fsp3) is 0.588. The van der Waals surface area contributed by atoms with Crippen LogP contribution in [0.5, 0.6) is 0 Å². The standard InChI is InChI=1S/C17H26N2O3S/c1-13(23(2)22)12-18-17(21)19(10-11-20)16-9-5-7-14-6-3-4-8-15(14)16/h3-4,6,8,13,16,20H,5,7,9-12H2,1-2H3,(H,18,21). The van der Waals surface area contributed by atoms with E-state index in [2.05, 4.69) is 17.4 Å². The first-order valence-electron chi connectivity index (χ1n) is 8.10. The molecule has 0 bridgehead atoms. The summed E-state index contributed by atoms with van der Waals surface area (Å²) in [5.74, 6) is 0. The topological polar surface area (TPSA) is 69.6 Å². The maximum absolute atomic E-state index is 12.6. The van der Waals surface area contributed by atoms with Crippen LogP contribution in [0.3, 0.4) is 0 Å². The van der Waals surface area contributed by atoms with Crippen molar-refractivity contribution in [2.45, 2.75) is 37.5 Å². The Morgan fingerprint density at radius 1 is 1.48 bits per heavy atom. The van der Waals surface area contributed by atoms with Crippen molar-refractivity contribution in [3.05, 3.63) is 35.4 Å². The number of benzene rings is 1. The summed E-state index contributed by atoms with van der Waals surface area (Å²) >= 11 is 0. The molecule has 1 aromatic rings. The summed E-state index contributed by atoms with van der Waals surface area (Å²) in [6.45, 7) is 2.46. The van der Waals surface area contributed by atoms with Gasteiger partial charge in [-0.1, -0.05) is 24.3 Å². The first-order chi connectivity index (χ1) is 11.0. The SMILES string of the molecule is CC(CNC(=O)N(CCO)C1CCCc2ccccc21)S(C)=O. The Balaban J connectivity index is 2.12. The van der Waals surface area contributed by atoms with Gasteiger partial charge in [-0.05, 0) is 37.3 Å². The van der Waals surface area contributed by atoms with Gasteiger partial charge < -0.3 is 15.3 Å². The van der Waals surface area contributed by atoms with E-state index >= 15 is 0 Å². The molecule has 6 heteroatoms. The number of nitrogens with one attached hydrogen (secondary N) is 1. The smallest absolute Gasteiger partial charge is 0.318 e. The molecular weight excluding hydrogens is 312 g/mol. The van der Waals surface area contributed by atoms with Crippen molar-refractivity contribution in [2.24, 2.45) is 0 Å². The maximum Gasteiger partial charge on any atom is 0.318 e. The summed E-state index contributed by atoms with van der Waals surface area (Å²) in [5.41, 5.74) is 2.46. The summed E-state index contributed by atoms with van der Waals surface area (Å²) in [6.07, 6.45) is 4.61. The van der Waals surface area contributed by atoms with E-state index in [1.807, 2.05) is 19.1 Å². The second-order valence-corrected chi connectivity index (χ2v) is 7.82. The summed E-state index contributed by atoms with van der Waals surface area (Å²) in [6, 6.07) is 8.00. The minimum Gasteiger partial charge on any atom is -0.395 e. The minimum absolute atomic E-state index is 0.00506. The van der Waals surface area contributed by atoms with E-state index in [1.165, 1.54) is 11.1 Å². The highest BCUT2D eigenvalue weighted by Gasteiger charge is 2.28. The van der Waals surface area contributed by atoms with Gasteiger partial charge in [-0.15, -0.1) is 0 Å². The Hall–Kier alpha value is -1.40. The third-order valence-electron chi connectivity index (χ3n) is 4.42. The monoisotopic (exact) mass is 338 g/mol. The van der Waals surface area contributed by atoms with Crippen LogP contribution in [-0.2, 0) is 17.2 Å². The van der Waals surface area contributed by atoms with Gasteiger partial charge in [-0.25, -0.2) is 4.79 Å². The Bertz CT molecular complexity index is 565. The highest BCUT2D eigenvalue weighted by molar-refractivity contribution is 7.84. The Morgan fingerprint density at radius 3 is 2.91 bits per heavy atom. The van der Waals surface area contributed by atoms with E-state index in [4.69, 9.17) is 0 Å². The zero-order chi connectivity index (χ0) is 16.8. The molecule has 0 saturated heterocycles. The van der Waals surface area contributed by atoms with Gasteiger partial charge in [0.1, 0.15) is 0 Å². The van der Waals surface area contributed by atoms with Gasteiger partial charge in [0.2, 0.25) is 0 Å². The zero-order valence-electron chi connectivity index (χ0n) is 13.8. The Kier molecular flexibility index (Phi) is 6.59. The van der Waals surface area contributed by atoms with Gasteiger partial charge in [-0.3, -0.25) is 4.21 Å². The molecule has 3 unspecified atom stereocenters. The number of hydrogen-bond acceptors (Lipinski definition) is 3. The molecule has 23 heavy (non-hydrogen) atoms. The van der Waals surface area contributed by atoms with Crippen LogP contribution < -0.4 is 5.32 Å². The van der Waals surface area contributed by atoms with Crippen molar-refractivity contribution in [1.82, 2.24) is 10.2 Å². The minimum atomic E-state index is -0.967. The lowest BCUT2D eigenvalue weighted by Crippen LogP contribution is -2.46. The highest BCUT2D eigenvalue weighted by atomic mass is 32.2. The first-order valence-corrected chi connectivity index (χ1v) is 9.72. The molecule has 1 aliphatic rings. The molecule has 0 saturated carbocycles. The molecule has 0 spiro atoms. The van der Waals surface area contributed by atoms with E-state index in [9.17, 15) is 14.1 Å². The van der Waals surface area contributed by atoms with Crippen molar-refractivity contribution in [3.8, 4) is 0 Å². The van der Waals surface area contributed by atoms with Crippen LogP contribution >= 0.6 is 0 Å². The molecule has 2 rings (SSSR count). The second-order valence-electron chi connectivity index (χ2n) is 6.02. The average molecular weight is 338 g/mol. The van der Waals surface area contributed by atoms with Crippen LogP contribution in [0.25, 0.3) is 0 Å². The number of fused-ring (bicyclic) bond motifs is 1. The number of amides is 2. The number of hydrogen-bond donors (Lipinski definition) is 2. The van der Waals surface area contributed by atoms with Crippen LogP contribution in [0.15, 0.2) is 24.3 Å². The molecule has 1 aromatic carbocycles. The lowest BCUT2D eigenvalue weighted by atomic mass is 9.87. The van der Waals surface area contributed by atoms with Gasteiger partial charge >= 0.3 is 6.03 Å². The average Bonchev–Trinajstić information content (AvgIpc) is 2.56. The Labute approximate surface area is 140 Å². The van der Waals surface area contributed by atoms with Crippen molar-refractivity contribution < 1.29 is 14.1 Å². The summed E-state index contributed by atoms with van der Waals surface area (Å²) in [5, 5.41) is 12.1. The maximum atomic E-state index is 12.6. The fourth-order valence-corrected chi connectivity index (χ4v) is 3.33. The summed E-state index contributed by atoms with van der Waals surface area (Å²) in [7, 11) is -0.967. The molecule has 0 heterocycles. The second kappa shape index (κ2) is 8.45. The van der Waals surface area contributed by atoms with E-state index < -0.39 is 10.8 Å². The lowest BCUT2D eigenvalue weighted by Gasteiger charge is -2.35. The van der Waals surface area contributed by atoms with E-state index in [0.29, 0.717) is 13.1 Å². The van der Waals surface area contributed by atoms with E-state index in [1.54, 1.807) is 11.2 Å². The van der Waals surface area contributed by atoms with Crippen LogP contribution in [0.1, 0.15) is 36.9 Å². The van der Waals surface area contributed by atoms with Crippen LogP contribution in [0.2, 0.25) is 0 Å². The number of nitrogens with zero attached hydrogens (tertiary/aromatic N) is 1. The molecule has 0 radical (unpaired) electrons. The predicted molar refractivity (Wildman–Crippen MR) is 92.8 cm³/mol. The molecule has 0 fully saturated rings. The van der Waals surface area contributed by atoms with E-state index in [-0.39, 0.29) is 23.9 Å². The zero-order valence-corrected chi connectivity index (χ0v) is 14.6.